The van der Waals surface area contributed by atoms with Crippen LogP contribution in [-0.4, -0.2) is 35.0 Å². The molecule has 8 heteroatoms. The molecule has 0 saturated carbocycles. The topological polar surface area (TPSA) is 82.6 Å². The van der Waals surface area contributed by atoms with Crippen LogP contribution in [0.25, 0.3) is 0 Å². The van der Waals surface area contributed by atoms with Crippen molar-refractivity contribution < 1.29 is 12.8 Å². The first-order valence-electron chi connectivity index (χ1n) is 9.01. The highest BCUT2D eigenvalue weighted by molar-refractivity contribution is 7.88. The summed E-state index contributed by atoms with van der Waals surface area (Å²) in [6.45, 7) is 3.07. The number of rotatable bonds is 8. The molecule has 6 nitrogen and oxygen atoms in total. The van der Waals surface area contributed by atoms with Crippen LogP contribution in [0.1, 0.15) is 22.3 Å². The van der Waals surface area contributed by atoms with Gasteiger partial charge in [-0.05, 0) is 54.8 Å². The maximum absolute atomic E-state index is 13.2. The van der Waals surface area contributed by atoms with E-state index >= 15 is 0 Å². The van der Waals surface area contributed by atoms with E-state index in [2.05, 4.69) is 20.3 Å². The van der Waals surface area contributed by atoms with Gasteiger partial charge in [0.25, 0.3) is 0 Å². The first-order valence-corrected chi connectivity index (χ1v) is 10.7. The molecule has 152 valence electrons. The minimum atomic E-state index is -3.30. The van der Waals surface area contributed by atoms with Crippen molar-refractivity contribution >= 4 is 16.0 Å². The molecular formula is C20H27FN4O2S. The van der Waals surface area contributed by atoms with Gasteiger partial charge in [-0.3, -0.25) is 4.99 Å². The van der Waals surface area contributed by atoms with Gasteiger partial charge in [-0.25, -0.2) is 17.5 Å². The number of hydrogen-bond acceptors (Lipinski definition) is 3. The first kappa shape index (κ1) is 21.8. The Morgan fingerprint density at radius 2 is 1.86 bits per heavy atom. The lowest BCUT2D eigenvalue weighted by molar-refractivity contribution is 0.587. The molecule has 0 atom stereocenters. The van der Waals surface area contributed by atoms with E-state index in [4.69, 9.17) is 0 Å². The standard InChI is InChI=1S/C20H27FN4O2S/c1-15-11-19(21)8-7-18(15)9-10-24-20(22-2)25-13-16-5-4-6-17(12-16)14-28(26,27)23-3/h4-8,11-12,23H,9-10,13-14H2,1-3H3,(H2,22,24,25). The Labute approximate surface area is 166 Å². The smallest absolute Gasteiger partial charge is 0.215 e. The summed E-state index contributed by atoms with van der Waals surface area (Å²) in [4.78, 5) is 4.19. The average molecular weight is 407 g/mol. The molecule has 0 aliphatic carbocycles. The van der Waals surface area contributed by atoms with Crippen LogP contribution in [0.15, 0.2) is 47.5 Å². The Hall–Kier alpha value is -2.45. The normalized spacial score (nSPS) is 12.1. The first-order chi connectivity index (χ1) is 13.3. The van der Waals surface area contributed by atoms with Crippen LogP contribution < -0.4 is 15.4 Å². The van der Waals surface area contributed by atoms with Gasteiger partial charge in [-0.15, -0.1) is 0 Å². The number of aliphatic imine (C=N–C) groups is 1. The Morgan fingerprint density at radius 3 is 2.54 bits per heavy atom. The van der Waals surface area contributed by atoms with Crippen LogP contribution in [-0.2, 0) is 28.7 Å². The summed E-state index contributed by atoms with van der Waals surface area (Å²) in [5, 5.41) is 6.44. The van der Waals surface area contributed by atoms with Crippen molar-refractivity contribution in [1.82, 2.24) is 15.4 Å². The number of nitrogens with one attached hydrogen (secondary N) is 3. The molecule has 0 unspecified atom stereocenters. The molecule has 0 aliphatic rings. The number of guanidine groups is 1. The average Bonchev–Trinajstić information content (AvgIpc) is 2.66. The number of sulfonamides is 1. The maximum Gasteiger partial charge on any atom is 0.215 e. The Kier molecular flexibility index (Phi) is 7.95. The van der Waals surface area contributed by atoms with E-state index in [1.165, 1.54) is 19.2 Å². The Morgan fingerprint density at radius 1 is 1.11 bits per heavy atom. The highest BCUT2D eigenvalue weighted by atomic mass is 32.2. The summed E-state index contributed by atoms with van der Waals surface area (Å²) in [5.41, 5.74) is 3.70. The van der Waals surface area contributed by atoms with Crippen LogP contribution >= 0.6 is 0 Å². The third kappa shape index (κ3) is 6.94. The van der Waals surface area contributed by atoms with Crippen LogP contribution in [0.4, 0.5) is 4.39 Å². The van der Waals surface area contributed by atoms with Crippen molar-refractivity contribution in [3.63, 3.8) is 0 Å². The number of halogens is 1. The third-order valence-electron chi connectivity index (χ3n) is 4.33. The Balaban J connectivity index is 1.86. The van der Waals surface area contributed by atoms with Crippen molar-refractivity contribution in [2.24, 2.45) is 4.99 Å². The van der Waals surface area contributed by atoms with Gasteiger partial charge in [0.1, 0.15) is 5.82 Å². The number of nitrogens with zero attached hydrogens (tertiary/aromatic N) is 1. The van der Waals surface area contributed by atoms with Crippen LogP contribution in [0, 0.1) is 12.7 Å². The zero-order valence-corrected chi connectivity index (χ0v) is 17.2. The number of hydrogen-bond donors (Lipinski definition) is 3. The van der Waals surface area contributed by atoms with E-state index in [-0.39, 0.29) is 11.6 Å². The SMILES string of the molecule is CN=C(NCCc1ccc(F)cc1C)NCc1cccc(CS(=O)(=O)NC)c1. The van der Waals surface area contributed by atoms with E-state index in [1.807, 2.05) is 25.1 Å². The second-order valence-electron chi connectivity index (χ2n) is 6.46. The van der Waals surface area contributed by atoms with E-state index in [0.717, 1.165) is 28.7 Å². The quantitative estimate of drug-likeness (QED) is 0.463. The molecule has 0 fully saturated rings. The zero-order valence-electron chi connectivity index (χ0n) is 16.4. The van der Waals surface area contributed by atoms with Crippen molar-refractivity contribution in [2.75, 3.05) is 20.6 Å². The molecule has 0 amide bonds. The van der Waals surface area contributed by atoms with Gasteiger partial charge in [-0.1, -0.05) is 30.3 Å². The summed E-state index contributed by atoms with van der Waals surface area (Å²) in [6, 6.07) is 12.2. The maximum atomic E-state index is 13.2. The van der Waals surface area contributed by atoms with Gasteiger partial charge in [0.15, 0.2) is 5.96 Å². The molecule has 2 aromatic rings. The van der Waals surface area contributed by atoms with Gasteiger partial charge < -0.3 is 10.6 Å². The van der Waals surface area contributed by atoms with E-state index in [1.54, 1.807) is 19.2 Å². The molecule has 0 bridgehead atoms. The van der Waals surface area contributed by atoms with Crippen LogP contribution in [0.5, 0.6) is 0 Å². The van der Waals surface area contributed by atoms with Gasteiger partial charge in [-0.2, -0.15) is 0 Å². The number of aryl methyl sites for hydroxylation is 1. The third-order valence-corrected chi connectivity index (χ3v) is 5.67. The molecule has 2 aromatic carbocycles. The molecule has 0 aromatic heterocycles. The second kappa shape index (κ2) is 10.2. The predicted octanol–water partition coefficient (Wildman–Crippen LogP) is 2.09. The largest absolute Gasteiger partial charge is 0.356 e. The lowest BCUT2D eigenvalue weighted by Crippen LogP contribution is -2.37. The molecule has 0 spiro atoms. The summed E-state index contributed by atoms with van der Waals surface area (Å²) in [7, 11) is -0.204. The highest BCUT2D eigenvalue weighted by Gasteiger charge is 2.09. The minimum absolute atomic E-state index is 0.0542. The van der Waals surface area contributed by atoms with Gasteiger partial charge in [0, 0.05) is 20.1 Å². The van der Waals surface area contributed by atoms with E-state index in [9.17, 15) is 12.8 Å². The molecule has 2 rings (SSSR count). The van der Waals surface area contributed by atoms with E-state index < -0.39 is 10.0 Å². The van der Waals surface area contributed by atoms with Crippen molar-refractivity contribution in [1.29, 1.82) is 0 Å². The van der Waals surface area contributed by atoms with Crippen molar-refractivity contribution in [3.8, 4) is 0 Å². The van der Waals surface area contributed by atoms with E-state index in [0.29, 0.717) is 19.0 Å². The van der Waals surface area contributed by atoms with Crippen molar-refractivity contribution in [2.45, 2.75) is 25.6 Å². The van der Waals surface area contributed by atoms with Crippen molar-refractivity contribution in [3.05, 3.63) is 70.5 Å². The molecule has 0 radical (unpaired) electrons. The number of benzene rings is 2. The molecule has 0 heterocycles. The van der Waals surface area contributed by atoms with Crippen LogP contribution in [0.2, 0.25) is 0 Å². The fourth-order valence-corrected chi connectivity index (χ4v) is 3.55. The highest BCUT2D eigenvalue weighted by Crippen LogP contribution is 2.10. The molecular weight excluding hydrogens is 379 g/mol. The zero-order chi connectivity index (χ0) is 20.6. The summed E-state index contributed by atoms with van der Waals surface area (Å²) in [6.07, 6.45) is 0.754. The summed E-state index contributed by atoms with van der Waals surface area (Å²) >= 11 is 0. The summed E-state index contributed by atoms with van der Waals surface area (Å²) in [5.74, 6) is 0.367. The summed E-state index contributed by atoms with van der Waals surface area (Å²) < 4.78 is 38.9. The molecule has 28 heavy (non-hydrogen) atoms. The predicted molar refractivity (Wildman–Crippen MR) is 111 cm³/mol. The van der Waals surface area contributed by atoms with Crippen LogP contribution in [0.3, 0.4) is 0 Å². The van der Waals surface area contributed by atoms with Gasteiger partial charge in [0.2, 0.25) is 10.0 Å². The fourth-order valence-electron chi connectivity index (χ4n) is 2.78. The molecule has 0 saturated heterocycles. The van der Waals surface area contributed by atoms with Gasteiger partial charge >= 0.3 is 0 Å². The lowest BCUT2D eigenvalue weighted by atomic mass is 10.1. The fraction of sp³-hybridized carbons (Fsp3) is 0.350. The molecule has 3 N–H and O–H groups in total. The monoisotopic (exact) mass is 406 g/mol. The Bertz CT molecular complexity index is 930. The van der Waals surface area contributed by atoms with Gasteiger partial charge in [0.05, 0.1) is 5.75 Å². The second-order valence-corrected chi connectivity index (χ2v) is 8.38. The lowest BCUT2D eigenvalue weighted by Gasteiger charge is -2.13. The molecule has 0 aliphatic heterocycles. The minimum Gasteiger partial charge on any atom is -0.356 e.